The molecule has 3 N–H and O–H groups in total. The molecule has 30 heavy (non-hydrogen) atoms. The number of rotatable bonds is 2. The summed E-state index contributed by atoms with van der Waals surface area (Å²) in [4.78, 5) is 49.8. The summed E-state index contributed by atoms with van der Waals surface area (Å²) in [6.45, 7) is 2.46. The van der Waals surface area contributed by atoms with E-state index >= 15 is 0 Å². The Balaban J connectivity index is 1.54. The van der Waals surface area contributed by atoms with Crippen molar-refractivity contribution in [1.82, 2.24) is 29.3 Å². The highest BCUT2D eigenvalue weighted by Crippen LogP contribution is 2.32. The first-order chi connectivity index (χ1) is 14.5. The third kappa shape index (κ3) is 3.14. The predicted molar refractivity (Wildman–Crippen MR) is 108 cm³/mol. The van der Waals surface area contributed by atoms with Crippen LogP contribution in [0, 0.1) is 0 Å². The van der Waals surface area contributed by atoms with Gasteiger partial charge in [-0.3, -0.25) is 19.7 Å². The molecule has 156 valence electrons. The Morgan fingerprint density at radius 3 is 2.83 bits per heavy atom. The van der Waals surface area contributed by atoms with Crippen LogP contribution in [0.3, 0.4) is 0 Å². The summed E-state index contributed by atoms with van der Waals surface area (Å²) in [7, 11) is 0. The number of imidazole rings is 1. The smallest absolute Gasteiger partial charge is 0.331 e. The van der Waals surface area contributed by atoms with Gasteiger partial charge in [0.05, 0.1) is 12.1 Å². The number of aliphatic hydroxyl groups excluding tert-OH is 1. The first-order valence-corrected chi connectivity index (χ1v) is 10.00. The number of fused-ring (bicyclic) bond motifs is 2. The van der Waals surface area contributed by atoms with Crippen LogP contribution in [0.25, 0.3) is 11.2 Å². The van der Waals surface area contributed by atoms with Gasteiger partial charge >= 0.3 is 11.7 Å². The molecule has 0 saturated carbocycles. The molecule has 2 aromatic heterocycles. The highest BCUT2D eigenvalue weighted by molar-refractivity contribution is 5.87. The number of aliphatic hydroxyl groups is 1. The second-order valence-corrected chi connectivity index (χ2v) is 7.86. The summed E-state index contributed by atoms with van der Waals surface area (Å²) >= 11 is 0. The number of benzene rings is 1. The fourth-order valence-electron chi connectivity index (χ4n) is 4.52. The first kappa shape index (κ1) is 18.8. The summed E-state index contributed by atoms with van der Waals surface area (Å²) in [6, 6.07) is 7.50. The molecule has 0 aliphatic carbocycles. The van der Waals surface area contributed by atoms with Crippen LogP contribution in [-0.4, -0.2) is 72.7 Å². The van der Waals surface area contributed by atoms with E-state index in [2.05, 4.69) is 25.9 Å². The van der Waals surface area contributed by atoms with Gasteiger partial charge < -0.3 is 10.0 Å². The molecule has 2 aliphatic heterocycles. The normalized spacial score (nSPS) is 21.8. The second kappa shape index (κ2) is 7.22. The molecule has 1 unspecified atom stereocenters. The number of hydrogen-bond donors (Lipinski definition) is 3. The number of nitrogens with zero attached hydrogens (tertiary/aromatic N) is 4. The average Bonchev–Trinajstić information content (AvgIpc) is 3.34. The maximum atomic E-state index is 13.5. The topological polar surface area (TPSA) is 127 Å². The fourth-order valence-corrected chi connectivity index (χ4v) is 4.52. The van der Waals surface area contributed by atoms with E-state index in [9.17, 15) is 19.5 Å². The lowest BCUT2D eigenvalue weighted by molar-refractivity contribution is 0.136. The lowest BCUT2D eigenvalue weighted by atomic mass is 9.92. The highest BCUT2D eigenvalue weighted by atomic mass is 16.3. The van der Waals surface area contributed by atoms with Gasteiger partial charge in [0.25, 0.3) is 5.56 Å². The van der Waals surface area contributed by atoms with Gasteiger partial charge in [-0.05, 0) is 24.0 Å². The second-order valence-electron chi connectivity index (χ2n) is 7.86. The predicted octanol–water partition coefficient (Wildman–Crippen LogP) is 0.0470. The maximum absolute atomic E-state index is 13.5. The molecular weight excluding hydrogens is 388 g/mol. The van der Waals surface area contributed by atoms with E-state index < -0.39 is 11.2 Å². The standard InChI is InChI=1S/C20H22N6O4/c27-13-6-7-24(9-13)10-15-14-4-2-1-3-12(14)5-8-25(15)20(30)26-11-21-16-17(26)22-19(29)23-18(16)28/h1-4,11,13,15,27H,5-10H2,(H2,22,23,28,29)/t13-,15?/m0/s1. The number of nitrogens with one attached hydrogen (secondary N) is 2. The van der Waals surface area contributed by atoms with Crippen LogP contribution < -0.4 is 11.2 Å². The summed E-state index contributed by atoms with van der Waals surface area (Å²) in [6.07, 6.45) is 2.36. The van der Waals surface area contributed by atoms with Gasteiger partial charge in [-0.25, -0.2) is 19.1 Å². The van der Waals surface area contributed by atoms with Crippen LogP contribution in [0.4, 0.5) is 4.79 Å². The van der Waals surface area contributed by atoms with Crippen molar-refractivity contribution in [2.75, 3.05) is 26.2 Å². The third-order valence-corrected chi connectivity index (χ3v) is 5.98. The van der Waals surface area contributed by atoms with Crippen molar-refractivity contribution in [2.45, 2.75) is 25.0 Å². The first-order valence-electron chi connectivity index (χ1n) is 10.00. The quantitative estimate of drug-likeness (QED) is 0.548. The van der Waals surface area contributed by atoms with Gasteiger partial charge in [0, 0.05) is 26.2 Å². The van der Waals surface area contributed by atoms with Crippen LogP contribution in [0.1, 0.15) is 23.6 Å². The van der Waals surface area contributed by atoms with Crippen molar-refractivity contribution in [3.8, 4) is 0 Å². The minimum absolute atomic E-state index is 0.0135. The van der Waals surface area contributed by atoms with E-state index in [4.69, 9.17) is 0 Å². The summed E-state index contributed by atoms with van der Waals surface area (Å²) in [5.74, 6) is 0. The van der Waals surface area contributed by atoms with Crippen LogP contribution >= 0.6 is 0 Å². The number of hydrogen-bond acceptors (Lipinski definition) is 6. The molecule has 1 aromatic carbocycles. The zero-order valence-electron chi connectivity index (χ0n) is 16.2. The Kier molecular flexibility index (Phi) is 4.52. The Morgan fingerprint density at radius 2 is 2.03 bits per heavy atom. The molecule has 3 aromatic rings. The number of carbonyl (C=O) groups excluding carboxylic acids is 1. The highest BCUT2D eigenvalue weighted by Gasteiger charge is 2.35. The van der Waals surface area contributed by atoms with Gasteiger partial charge in [0.15, 0.2) is 11.2 Å². The Morgan fingerprint density at radius 1 is 1.20 bits per heavy atom. The molecule has 1 saturated heterocycles. The number of aromatic nitrogens is 4. The Bertz CT molecular complexity index is 1230. The molecule has 10 nitrogen and oxygen atoms in total. The fraction of sp³-hybridized carbons (Fsp3) is 0.400. The Hall–Kier alpha value is -3.24. The van der Waals surface area contributed by atoms with Crippen LogP contribution in [-0.2, 0) is 6.42 Å². The van der Waals surface area contributed by atoms with Crippen molar-refractivity contribution >= 4 is 17.2 Å². The maximum Gasteiger partial charge on any atom is 0.331 e. The number of amides is 1. The zero-order valence-corrected chi connectivity index (χ0v) is 16.2. The SMILES string of the molecule is O=C(N1CCc2ccccc2C1CN1CC[C@H](O)C1)n1cnc2c(=O)[nH]c(=O)[nH]c21. The molecule has 4 heterocycles. The summed E-state index contributed by atoms with van der Waals surface area (Å²) in [5, 5.41) is 9.92. The van der Waals surface area contributed by atoms with Gasteiger partial charge in [0.2, 0.25) is 0 Å². The third-order valence-electron chi connectivity index (χ3n) is 5.98. The summed E-state index contributed by atoms with van der Waals surface area (Å²) < 4.78 is 1.23. The zero-order chi connectivity index (χ0) is 20.8. The number of likely N-dealkylation sites (tertiary alicyclic amines) is 1. The molecule has 2 atom stereocenters. The van der Waals surface area contributed by atoms with Gasteiger partial charge in [-0.2, -0.15) is 0 Å². The minimum Gasteiger partial charge on any atom is -0.392 e. The summed E-state index contributed by atoms with van der Waals surface area (Å²) in [5.41, 5.74) is 1.06. The molecule has 0 spiro atoms. The molecule has 0 radical (unpaired) electrons. The molecule has 5 rings (SSSR count). The van der Waals surface area contributed by atoms with Crippen molar-refractivity contribution in [2.24, 2.45) is 0 Å². The monoisotopic (exact) mass is 410 g/mol. The number of H-pyrrole nitrogens is 2. The lowest BCUT2D eigenvalue weighted by Gasteiger charge is -2.39. The number of aromatic amines is 2. The van der Waals surface area contributed by atoms with Crippen molar-refractivity contribution < 1.29 is 9.90 Å². The van der Waals surface area contributed by atoms with Crippen molar-refractivity contribution in [3.63, 3.8) is 0 Å². The number of β-amino-alcohol motifs (C(OH)–C–C–N with tert-alkyl or cyclic N) is 1. The number of carbonyl (C=O) groups is 1. The average molecular weight is 410 g/mol. The van der Waals surface area contributed by atoms with E-state index in [-0.39, 0.29) is 29.3 Å². The van der Waals surface area contributed by atoms with Crippen LogP contribution in [0.2, 0.25) is 0 Å². The van der Waals surface area contributed by atoms with Crippen molar-refractivity contribution in [1.29, 1.82) is 0 Å². The molecule has 1 fully saturated rings. The molecule has 1 amide bonds. The van der Waals surface area contributed by atoms with E-state index in [1.54, 1.807) is 4.90 Å². The Labute approximate surface area is 170 Å². The van der Waals surface area contributed by atoms with Crippen molar-refractivity contribution in [3.05, 3.63) is 62.6 Å². The van der Waals surface area contributed by atoms with Gasteiger partial charge in [0.1, 0.15) is 6.33 Å². The van der Waals surface area contributed by atoms with E-state index in [0.29, 0.717) is 26.1 Å². The van der Waals surface area contributed by atoms with E-state index in [1.807, 2.05) is 18.2 Å². The molecule has 0 bridgehead atoms. The van der Waals surface area contributed by atoms with Crippen LogP contribution in [0.15, 0.2) is 40.2 Å². The van der Waals surface area contributed by atoms with Gasteiger partial charge in [-0.15, -0.1) is 0 Å². The van der Waals surface area contributed by atoms with Crippen LogP contribution in [0.5, 0.6) is 0 Å². The van der Waals surface area contributed by atoms with Gasteiger partial charge in [-0.1, -0.05) is 24.3 Å². The van der Waals surface area contributed by atoms with E-state index in [1.165, 1.54) is 16.5 Å². The van der Waals surface area contributed by atoms with E-state index in [0.717, 1.165) is 18.5 Å². The minimum atomic E-state index is -0.686. The lowest BCUT2D eigenvalue weighted by Crippen LogP contribution is -2.46. The largest absolute Gasteiger partial charge is 0.392 e. The molecule has 2 aliphatic rings. The molecular formula is C20H22N6O4. The molecule has 10 heteroatoms.